The minimum Gasteiger partial charge on any atom is -0.502 e. The number of ether oxygens (including phenoxy) is 8. The minimum atomic E-state index is -0.737. The van der Waals surface area contributed by atoms with E-state index in [9.17, 15) is 15.0 Å². The molecule has 2 saturated heterocycles. The molecule has 0 amide bonds. The van der Waals surface area contributed by atoms with E-state index in [1.807, 2.05) is 19.1 Å². The maximum atomic E-state index is 13.4. The van der Waals surface area contributed by atoms with E-state index in [2.05, 4.69) is 0 Å². The molecule has 2 aliphatic carbocycles. The average molecular weight is 571 g/mol. The van der Waals surface area contributed by atoms with Crippen molar-refractivity contribution in [1.82, 2.24) is 0 Å². The predicted octanol–water partition coefficient (Wildman–Crippen LogP) is 3.03. The number of cyclic esters (lactones) is 1. The van der Waals surface area contributed by atoms with Crippen LogP contribution in [0, 0.1) is 17.8 Å². The summed E-state index contributed by atoms with van der Waals surface area (Å²) < 4.78 is 46.4. The summed E-state index contributed by atoms with van der Waals surface area (Å²) in [5.41, 5.74) is 2.37. The largest absolute Gasteiger partial charge is 0.502 e. The molecule has 2 N–H and O–H groups in total. The molecule has 41 heavy (non-hydrogen) atoms. The zero-order valence-corrected chi connectivity index (χ0v) is 23.1. The van der Waals surface area contributed by atoms with Crippen molar-refractivity contribution in [3.8, 4) is 28.7 Å². The first kappa shape index (κ1) is 26.6. The molecule has 0 bridgehead atoms. The molecule has 3 heterocycles. The molecule has 3 fully saturated rings. The molecule has 2 aromatic rings. The molecule has 7 rings (SSSR count). The van der Waals surface area contributed by atoms with Gasteiger partial charge in [-0.1, -0.05) is 0 Å². The Hall–Kier alpha value is -3.25. The van der Waals surface area contributed by atoms with Crippen molar-refractivity contribution in [3.63, 3.8) is 0 Å². The number of phenols is 1. The van der Waals surface area contributed by atoms with Crippen LogP contribution in [0.25, 0.3) is 0 Å². The third kappa shape index (κ3) is 4.37. The van der Waals surface area contributed by atoms with Crippen LogP contribution < -0.4 is 18.9 Å². The molecule has 11 nitrogen and oxygen atoms in total. The van der Waals surface area contributed by atoms with Crippen molar-refractivity contribution in [3.05, 3.63) is 41.0 Å². The maximum absolute atomic E-state index is 13.4. The Balaban J connectivity index is 1.31. The quantitative estimate of drug-likeness (QED) is 0.514. The summed E-state index contributed by atoms with van der Waals surface area (Å²) in [4.78, 5) is 13.4. The standard InChI is InChI=1S/C30H34O11/c1-13-36-10-15-6-21(19(31)9-20(15)40-13)41-29-17-8-23-22(38-12-39-23)7-16(17)26(27-18(29)11-37-30(27)33)14-4-24(34-2)28(32)25(5-14)35-3/h4-5,7-8,13,15,18-21,26-27,29,31-32H,6,9-12H2,1-3H3/t13?,15?,18?,19?,20?,21?,26-,27?,29+/m0/s1. The Morgan fingerprint density at radius 3 is 2.34 bits per heavy atom. The van der Waals surface area contributed by atoms with Gasteiger partial charge in [-0.3, -0.25) is 4.79 Å². The van der Waals surface area contributed by atoms with Gasteiger partial charge in [-0.2, -0.15) is 0 Å². The number of benzene rings is 2. The van der Waals surface area contributed by atoms with Crippen LogP contribution in [0.3, 0.4) is 0 Å². The van der Waals surface area contributed by atoms with Gasteiger partial charge in [-0.25, -0.2) is 0 Å². The van der Waals surface area contributed by atoms with Crippen LogP contribution in [-0.2, 0) is 23.7 Å². The fourth-order valence-electron chi connectivity index (χ4n) is 7.19. The minimum absolute atomic E-state index is 0.0889. The van der Waals surface area contributed by atoms with Gasteiger partial charge in [-0.05, 0) is 54.3 Å². The smallest absolute Gasteiger partial charge is 0.310 e. The second kappa shape index (κ2) is 10.2. The number of hydrogen-bond acceptors (Lipinski definition) is 11. The molecule has 11 heteroatoms. The van der Waals surface area contributed by atoms with Gasteiger partial charge in [0, 0.05) is 24.2 Å². The SMILES string of the molecule is COc1cc([C@H]2c3cc4c(cc3[C@@H](OC3CC5COC(C)OC5CC3O)C3COC(=O)C32)OCO4)cc(OC)c1O. The van der Waals surface area contributed by atoms with Gasteiger partial charge in [0.25, 0.3) is 0 Å². The molecular weight excluding hydrogens is 536 g/mol. The number of carbonyl (C=O) groups excluding carboxylic acids is 1. The topological polar surface area (TPSA) is 131 Å². The molecule has 2 aromatic carbocycles. The molecule has 9 atom stereocenters. The highest BCUT2D eigenvalue weighted by Crippen LogP contribution is 2.57. The normalized spacial score (nSPS) is 35.2. The molecule has 1 saturated carbocycles. The third-order valence-electron chi connectivity index (χ3n) is 9.18. The number of rotatable bonds is 5. The molecule has 0 aromatic heterocycles. The second-order valence-corrected chi connectivity index (χ2v) is 11.4. The zero-order chi connectivity index (χ0) is 28.4. The van der Waals surface area contributed by atoms with E-state index in [1.165, 1.54) is 14.2 Å². The van der Waals surface area contributed by atoms with E-state index in [1.54, 1.807) is 12.1 Å². The first-order valence-electron chi connectivity index (χ1n) is 14.0. The van der Waals surface area contributed by atoms with E-state index in [4.69, 9.17) is 37.9 Å². The van der Waals surface area contributed by atoms with Crippen LogP contribution >= 0.6 is 0 Å². The summed E-state index contributed by atoms with van der Waals surface area (Å²) in [5, 5.41) is 21.7. The predicted molar refractivity (Wildman–Crippen MR) is 140 cm³/mol. The Morgan fingerprint density at radius 1 is 0.927 bits per heavy atom. The highest BCUT2D eigenvalue weighted by Gasteiger charge is 2.54. The molecular formula is C30H34O11. The number of aliphatic hydroxyl groups is 1. The lowest BCUT2D eigenvalue weighted by Gasteiger charge is -2.46. The molecule has 220 valence electrons. The van der Waals surface area contributed by atoms with Gasteiger partial charge in [0.15, 0.2) is 29.3 Å². The number of carbonyl (C=O) groups is 1. The van der Waals surface area contributed by atoms with Crippen LogP contribution in [0.5, 0.6) is 28.7 Å². The van der Waals surface area contributed by atoms with Crippen LogP contribution in [0.15, 0.2) is 24.3 Å². The van der Waals surface area contributed by atoms with E-state index in [0.717, 1.165) is 16.7 Å². The first-order valence-corrected chi connectivity index (χ1v) is 14.0. The zero-order valence-electron chi connectivity index (χ0n) is 23.1. The lowest BCUT2D eigenvalue weighted by atomic mass is 9.66. The van der Waals surface area contributed by atoms with Crippen molar-refractivity contribution in [1.29, 1.82) is 0 Å². The van der Waals surface area contributed by atoms with Gasteiger partial charge in [-0.15, -0.1) is 0 Å². The summed E-state index contributed by atoms with van der Waals surface area (Å²) in [7, 11) is 2.93. The summed E-state index contributed by atoms with van der Waals surface area (Å²) >= 11 is 0. The Bertz CT molecular complexity index is 1320. The number of esters is 1. The van der Waals surface area contributed by atoms with Crippen LogP contribution in [-0.4, -0.2) is 75.0 Å². The van der Waals surface area contributed by atoms with Gasteiger partial charge < -0.3 is 48.1 Å². The van der Waals surface area contributed by atoms with Gasteiger partial charge in [0.1, 0.15) is 0 Å². The van der Waals surface area contributed by atoms with E-state index in [-0.39, 0.29) is 60.8 Å². The van der Waals surface area contributed by atoms with Crippen LogP contribution in [0.2, 0.25) is 0 Å². The Morgan fingerprint density at radius 2 is 1.63 bits per heavy atom. The molecule has 3 aliphatic heterocycles. The lowest BCUT2D eigenvalue weighted by Crippen LogP contribution is -2.51. The third-order valence-corrected chi connectivity index (χ3v) is 9.18. The highest BCUT2D eigenvalue weighted by molar-refractivity contribution is 5.79. The van der Waals surface area contributed by atoms with Crippen LogP contribution in [0.1, 0.15) is 48.5 Å². The Kier molecular flexibility index (Phi) is 6.65. The molecule has 7 unspecified atom stereocenters. The van der Waals surface area contributed by atoms with E-state index < -0.39 is 30.1 Å². The number of phenolic OH excluding ortho intramolecular Hbond substituents is 1. The van der Waals surface area contributed by atoms with Gasteiger partial charge in [0.2, 0.25) is 12.5 Å². The fourth-order valence-corrected chi connectivity index (χ4v) is 7.19. The highest BCUT2D eigenvalue weighted by atomic mass is 16.7. The Labute approximate surface area is 237 Å². The number of methoxy groups -OCH3 is 2. The van der Waals surface area contributed by atoms with Gasteiger partial charge in [0.05, 0.1) is 57.8 Å². The van der Waals surface area contributed by atoms with Crippen molar-refractivity contribution in [2.24, 2.45) is 17.8 Å². The summed E-state index contributed by atoms with van der Waals surface area (Å²) in [6.45, 7) is 2.66. The van der Waals surface area contributed by atoms with Crippen molar-refractivity contribution >= 4 is 5.97 Å². The number of aromatic hydroxyl groups is 1. The van der Waals surface area contributed by atoms with Crippen molar-refractivity contribution in [2.75, 3.05) is 34.2 Å². The number of hydrogen-bond donors (Lipinski definition) is 2. The molecule has 5 aliphatic rings. The molecule has 0 radical (unpaired) electrons. The lowest BCUT2D eigenvalue weighted by molar-refractivity contribution is -0.259. The first-order chi connectivity index (χ1) is 19.9. The summed E-state index contributed by atoms with van der Waals surface area (Å²) in [5.74, 6) is -0.140. The van der Waals surface area contributed by atoms with E-state index >= 15 is 0 Å². The van der Waals surface area contributed by atoms with Crippen molar-refractivity contribution < 1.29 is 52.9 Å². The number of aliphatic hydroxyl groups excluding tert-OH is 1. The summed E-state index contributed by atoms with van der Waals surface area (Å²) in [6.07, 6.45) is -1.14. The average Bonchev–Trinajstić information content (AvgIpc) is 3.59. The summed E-state index contributed by atoms with van der Waals surface area (Å²) in [6, 6.07) is 7.24. The number of fused-ring (bicyclic) bond motifs is 4. The van der Waals surface area contributed by atoms with Gasteiger partial charge >= 0.3 is 5.97 Å². The van der Waals surface area contributed by atoms with Crippen molar-refractivity contribution in [2.45, 2.75) is 56.4 Å². The monoisotopic (exact) mass is 570 g/mol. The fraction of sp³-hybridized carbons (Fsp3) is 0.567. The van der Waals surface area contributed by atoms with E-state index in [0.29, 0.717) is 30.9 Å². The van der Waals surface area contributed by atoms with Crippen LogP contribution in [0.4, 0.5) is 0 Å². The second-order valence-electron chi connectivity index (χ2n) is 11.4. The molecule has 0 spiro atoms. The maximum Gasteiger partial charge on any atom is 0.310 e.